The summed E-state index contributed by atoms with van der Waals surface area (Å²) in [6, 6.07) is 7.85. The van der Waals surface area contributed by atoms with E-state index in [1.807, 2.05) is 12.1 Å². The van der Waals surface area contributed by atoms with Crippen molar-refractivity contribution < 1.29 is 8.42 Å². The molecule has 0 amide bonds. The molecule has 0 aromatic heterocycles. The van der Waals surface area contributed by atoms with Crippen LogP contribution in [-0.2, 0) is 15.3 Å². The molecule has 1 aromatic carbocycles. The fourth-order valence-corrected chi connectivity index (χ4v) is 3.14. The van der Waals surface area contributed by atoms with Gasteiger partial charge >= 0.3 is 0 Å². The summed E-state index contributed by atoms with van der Waals surface area (Å²) in [5, 5.41) is 3.24. The number of hydrogen-bond donors (Lipinski definition) is 1. The maximum absolute atomic E-state index is 12.2. The summed E-state index contributed by atoms with van der Waals surface area (Å²) < 4.78 is 24.3. The van der Waals surface area contributed by atoms with Crippen molar-refractivity contribution in [1.29, 1.82) is 0 Å². The summed E-state index contributed by atoms with van der Waals surface area (Å²) in [5.41, 5.74) is 1.21. The van der Waals surface area contributed by atoms with Crippen molar-refractivity contribution in [2.45, 2.75) is 50.0 Å². The van der Waals surface area contributed by atoms with Crippen LogP contribution in [0.3, 0.4) is 0 Å². The Morgan fingerprint density at radius 2 is 1.74 bits per heavy atom. The molecule has 0 saturated heterocycles. The fourth-order valence-electron chi connectivity index (χ4n) is 1.96. The summed E-state index contributed by atoms with van der Waals surface area (Å²) in [7, 11) is -3.15. The minimum absolute atomic E-state index is 0.0514. The zero-order chi connectivity index (χ0) is 14.1. The molecular formula is C15H23NO2S. The number of hydrogen-bond acceptors (Lipinski definition) is 3. The van der Waals surface area contributed by atoms with Gasteiger partial charge in [-0.25, -0.2) is 8.42 Å². The van der Waals surface area contributed by atoms with Crippen molar-refractivity contribution in [3.63, 3.8) is 0 Å². The highest BCUT2D eigenvalue weighted by atomic mass is 32.2. The van der Waals surface area contributed by atoms with Crippen LogP contribution in [0.2, 0.25) is 0 Å². The summed E-state index contributed by atoms with van der Waals surface area (Å²) in [4.78, 5) is 0.429. The quantitative estimate of drug-likeness (QED) is 0.902. The van der Waals surface area contributed by atoms with Crippen molar-refractivity contribution in [2.24, 2.45) is 0 Å². The molecule has 0 aliphatic heterocycles. The molecule has 2 rings (SSSR count). The first kappa shape index (κ1) is 14.5. The molecule has 0 atom stereocenters. The van der Waals surface area contributed by atoms with Crippen LogP contribution in [0.5, 0.6) is 0 Å². The largest absolute Gasteiger partial charge is 0.313 e. The first-order valence-electron chi connectivity index (χ1n) is 6.86. The van der Waals surface area contributed by atoms with Gasteiger partial charge in [0.05, 0.1) is 10.6 Å². The number of sulfone groups is 1. The first-order valence-corrected chi connectivity index (χ1v) is 8.51. The molecule has 1 aliphatic carbocycles. The lowest BCUT2D eigenvalue weighted by Gasteiger charge is -2.19. The SMILES string of the molecule is CC(C)(C)c1ccc(S(=O)(=O)CCNC2CC2)cc1. The van der Waals surface area contributed by atoms with Gasteiger partial charge in [-0.15, -0.1) is 0 Å². The second-order valence-electron chi connectivity index (χ2n) is 6.32. The van der Waals surface area contributed by atoms with Crippen LogP contribution < -0.4 is 5.32 Å². The van der Waals surface area contributed by atoms with Crippen molar-refractivity contribution in [1.82, 2.24) is 5.32 Å². The van der Waals surface area contributed by atoms with Gasteiger partial charge in [0.15, 0.2) is 9.84 Å². The molecule has 0 unspecified atom stereocenters. The molecule has 0 heterocycles. The lowest BCUT2D eigenvalue weighted by molar-refractivity contribution is 0.584. The Bertz CT molecular complexity index is 522. The minimum atomic E-state index is -3.15. The maximum Gasteiger partial charge on any atom is 0.179 e. The molecule has 106 valence electrons. The van der Waals surface area contributed by atoms with Crippen LogP contribution in [-0.4, -0.2) is 26.8 Å². The standard InChI is InChI=1S/C15H23NO2S/c1-15(2,3)12-4-8-14(9-5-12)19(17,18)11-10-16-13-6-7-13/h4-5,8-9,13,16H,6-7,10-11H2,1-3H3. The molecule has 19 heavy (non-hydrogen) atoms. The fraction of sp³-hybridized carbons (Fsp3) is 0.600. The van der Waals surface area contributed by atoms with E-state index in [-0.39, 0.29) is 11.2 Å². The van der Waals surface area contributed by atoms with E-state index in [2.05, 4.69) is 26.1 Å². The van der Waals surface area contributed by atoms with Gasteiger partial charge in [0.25, 0.3) is 0 Å². The lowest BCUT2D eigenvalue weighted by Crippen LogP contribution is -2.24. The third-order valence-corrected chi connectivity index (χ3v) is 5.19. The Morgan fingerprint density at radius 1 is 1.16 bits per heavy atom. The molecule has 1 aromatic rings. The van der Waals surface area contributed by atoms with Gasteiger partial charge in [-0.05, 0) is 36.0 Å². The topological polar surface area (TPSA) is 46.2 Å². The van der Waals surface area contributed by atoms with Gasteiger partial charge in [0, 0.05) is 12.6 Å². The average molecular weight is 281 g/mol. The minimum Gasteiger partial charge on any atom is -0.313 e. The molecule has 0 radical (unpaired) electrons. The number of rotatable bonds is 5. The Balaban J connectivity index is 2.02. The van der Waals surface area contributed by atoms with E-state index in [0.29, 0.717) is 17.5 Å². The van der Waals surface area contributed by atoms with Crippen LogP contribution in [0, 0.1) is 0 Å². The van der Waals surface area contributed by atoms with Gasteiger partial charge in [-0.1, -0.05) is 32.9 Å². The molecule has 0 spiro atoms. The third-order valence-electron chi connectivity index (χ3n) is 3.46. The molecule has 1 N–H and O–H groups in total. The lowest BCUT2D eigenvalue weighted by atomic mass is 9.87. The van der Waals surface area contributed by atoms with Crippen LogP contribution in [0.15, 0.2) is 29.2 Å². The zero-order valence-electron chi connectivity index (χ0n) is 11.9. The van der Waals surface area contributed by atoms with Crippen LogP contribution in [0.25, 0.3) is 0 Å². The normalized spacial score (nSPS) is 16.6. The van der Waals surface area contributed by atoms with Crippen molar-refractivity contribution in [3.05, 3.63) is 29.8 Å². The molecule has 1 fully saturated rings. The van der Waals surface area contributed by atoms with Gasteiger partial charge in [-0.2, -0.15) is 0 Å². The first-order chi connectivity index (χ1) is 8.79. The zero-order valence-corrected chi connectivity index (χ0v) is 12.8. The Morgan fingerprint density at radius 3 is 2.21 bits per heavy atom. The highest BCUT2D eigenvalue weighted by Gasteiger charge is 2.22. The van der Waals surface area contributed by atoms with Gasteiger partial charge < -0.3 is 5.32 Å². The van der Waals surface area contributed by atoms with E-state index < -0.39 is 9.84 Å². The van der Waals surface area contributed by atoms with Crippen molar-refractivity contribution in [2.75, 3.05) is 12.3 Å². The Labute approximate surface area is 116 Å². The van der Waals surface area contributed by atoms with Gasteiger partial charge in [0.2, 0.25) is 0 Å². The molecule has 3 nitrogen and oxygen atoms in total. The Hall–Kier alpha value is -0.870. The van der Waals surface area contributed by atoms with Crippen LogP contribution >= 0.6 is 0 Å². The second-order valence-corrected chi connectivity index (χ2v) is 8.43. The average Bonchev–Trinajstić information content (AvgIpc) is 3.12. The van der Waals surface area contributed by atoms with E-state index in [1.165, 1.54) is 12.8 Å². The summed E-state index contributed by atoms with van der Waals surface area (Å²) >= 11 is 0. The molecule has 1 aliphatic rings. The predicted octanol–water partition coefficient (Wildman–Crippen LogP) is 2.51. The maximum atomic E-state index is 12.2. The highest BCUT2D eigenvalue weighted by Crippen LogP contribution is 2.24. The monoisotopic (exact) mass is 281 g/mol. The summed E-state index contributed by atoms with van der Waals surface area (Å²) in [6.07, 6.45) is 2.36. The molecule has 1 saturated carbocycles. The van der Waals surface area contributed by atoms with E-state index in [9.17, 15) is 8.42 Å². The number of nitrogens with one attached hydrogen (secondary N) is 1. The van der Waals surface area contributed by atoms with Gasteiger partial charge in [-0.3, -0.25) is 0 Å². The summed E-state index contributed by atoms with van der Waals surface area (Å²) in [6.45, 7) is 6.91. The van der Waals surface area contributed by atoms with E-state index in [4.69, 9.17) is 0 Å². The van der Waals surface area contributed by atoms with Crippen molar-refractivity contribution in [3.8, 4) is 0 Å². The van der Waals surface area contributed by atoms with Crippen LogP contribution in [0.4, 0.5) is 0 Å². The van der Waals surface area contributed by atoms with E-state index in [1.54, 1.807) is 12.1 Å². The predicted molar refractivity (Wildman–Crippen MR) is 78.2 cm³/mol. The Kier molecular flexibility index (Phi) is 4.02. The number of benzene rings is 1. The summed E-state index contributed by atoms with van der Waals surface area (Å²) in [5.74, 6) is 0.179. The molecule has 0 bridgehead atoms. The van der Waals surface area contributed by atoms with E-state index >= 15 is 0 Å². The third kappa shape index (κ3) is 4.05. The highest BCUT2D eigenvalue weighted by molar-refractivity contribution is 7.91. The second kappa shape index (κ2) is 5.25. The smallest absolute Gasteiger partial charge is 0.179 e. The molecular weight excluding hydrogens is 258 g/mol. The molecule has 4 heteroatoms. The van der Waals surface area contributed by atoms with E-state index in [0.717, 1.165) is 5.56 Å². The van der Waals surface area contributed by atoms with Crippen molar-refractivity contribution >= 4 is 9.84 Å². The van der Waals surface area contributed by atoms with Crippen LogP contribution in [0.1, 0.15) is 39.2 Å². The van der Waals surface area contributed by atoms with Gasteiger partial charge in [0.1, 0.15) is 0 Å².